The minimum absolute atomic E-state index is 0.0814. The fraction of sp³-hybridized carbons (Fsp3) is 0.294. The number of rotatable bonds is 8. The number of fused-ring (bicyclic) bond motifs is 1. The molecule has 5 nitrogen and oxygen atoms in total. The van der Waals surface area contributed by atoms with Gasteiger partial charge in [-0.1, -0.05) is 13.5 Å². The number of aromatic nitrogens is 1. The molecule has 0 aliphatic heterocycles. The summed E-state index contributed by atoms with van der Waals surface area (Å²) < 4.78 is 6.33. The minimum Gasteiger partial charge on any atom is -0.382 e. The van der Waals surface area contributed by atoms with E-state index in [1.54, 1.807) is 12.1 Å². The molecule has 0 saturated heterocycles. The van der Waals surface area contributed by atoms with Gasteiger partial charge in [-0.2, -0.15) is 5.26 Å². The Morgan fingerprint density at radius 1 is 1.43 bits per heavy atom. The van der Waals surface area contributed by atoms with E-state index in [0.29, 0.717) is 18.8 Å². The van der Waals surface area contributed by atoms with Crippen molar-refractivity contribution >= 4 is 38.3 Å². The molecule has 2 rings (SSSR count). The summed E-state index contributed by atoms with van der Waals surface area (Å²) >= 11 is 3.51. The van der Waals surface area contributed by atoms with Crippen LogP contribution in [0.3, 0.4) is 0 Å². The summed E-state index contributed by atoms with van der Waals surface area (Å²) in [5.41, 5.74) is 2.03. The van der Waals surface area contributed by atoms with E-state index in [1.165, 1.54) is 0 Å². The highest BCUT2D eigenvalue weighted by Gasteiger charge is 2.14. The van der Waals surface area contributed by atoms with E-state index < -0.39 is 0 Å². The Kier molecular flexibility index (Phi) is 5.97. The third-order valence-electron chi connectivity index (χ3n) is 3.27. The van der Waals surface area contributed by atoms with Crippen LogP contribution in [0.1, 0.15) is 23.8 Å². The van der Waals surface area contributed by atoms with Crippen molar-refractivity contribution in [1.82, 2.24) is 4.98 Å². The van der Waals surface area contributed by atoms with Crippen molar-refractivity contribution in [3.8, 4) is 6.07 Å². The molecule has 23 heavy (non-hydrogen) atoms. The molecule has 0 unspecified atom stereocenters. The quantitative estimate of drug-likeness (QED) is 0.316. The number of Topliss-reactive ketones (excluding diaryl/α,β-unsaturated/α-hetero) is 1. The highest BCUT2D eigenvalue weighted by Crippen LogP contribution is 2.29. The number of H-pyrrole nitrogens is 1. The number of benzene rings is 1. The number of ketones is 1. The van der Waals surface area contributed by atoms with E-state index in [2.05, 4.69) is 39.7 Å². The van der Waals surface area contributed by atoms with Crippen LogP contribution in [0.15, 0.2) is 34.8 Å². The van der Waals surface area contributed by atoms with Gasteiger partial charge in [0.25, 0.3) is 0 Å². The number of carbonyl (C=O) groups is 1. The van der Waals surface area contributed by atoms with Crippen LogP contribution in [-0.4, -0.2) is 30.5 Å². The second-order valence-corrected chi connectivity index (χ2v) is 5.92. The third-order valence-corrected chi connectivity index (χ3v) is 3.93. The van der Waals surface area contributed by atoms with Crippen molar-refractivity contribution < 1.29 is 9.53 Å². The monoisotopic (exact) mass is 375 g/mol. The highest BCUT2D eigenvalue weighted by atomic mass is 79.9. The van der Waals surface area contributed by atoms with Crippen LogP contribution >= 0.6 is 15.9 Å². The fourth-order valence-corrected chi connectivity index (χ4v) is 2.61. The second kappa shape index (κ2) is 7.95. The normalized spacial score (nSPS) is 10.5. The summed E-state index contributed by atoms with van der Waals surface area (Å²) in [5, 5.41) is 13.0. The molecule has 0 aliphatic carbocycles. The molecule has 6 heteroatoms. The minimum atomic E-state index is -0.387. The van der Waals surface area contributed by atoms with Crippen LogP contribution in [0.4, 0.5) is 5.69 Å². The summed E-state index contributed by atoms with van der Waals surface area (Å²) in [7, 11) is 0. The van der Waals surface area contributed by atoms with Crippen molar-refractivity contribution in [3.63, 3.8) is 0 Å². The average Bonchev–Trinajstić information content (AvgIpc) is 2.95. The van der Waals surface area contributed by atoms with Gasteiger partial charge in [0, 0.05) is 34.2 Å². The topological polar surface area (TPSA) is 77.9 Å². The lowest BCUT2D eigenvalue weighted by Gasteiger charge is -2.09. The number of nitrogens with zero attached hydrogens (tertiary/aromatic N) is 1. The number of hydrogen-bond donors (Lipinski definition) is 2. The van der Waals surface area contributed by atoms with E-state index in [0.717, 1.165) is 34.1 Å². The highest BCUT2D eigenvalue weighted by molar-refractivity contribution is 9.10. The molecule has 0 saturated carbocycles. The van der Waals surface area contributed by atoms with Crippen LogP contribution in [-0.2, 0) is 4.74 Å². The summed E-state index contributed by atoms with van der Waals surface area (Å²) in [4.78, 5) is 15.0. The van der Waals surface area contributed by atoms with Gasteiger partial charge in [-0.25, -0.2) is 0 Å². The Balaban J connectivity index is 2.16. The zero-order valence-corrected chi connectivity index (χ0v) is 14.5. The van der Waals surface area contributed by atoms with Gasteiger partial charge >= 0.3 is 0 Å². The maximum Gasteiger partial charge on any atom is 0.219 e. The maximum absolute atomic E-state index is 12.0. The fourth-order valence-electron chi connectivity index (χ4n) is 2.13. The first-order valence-corrected chi connectivity index (χ1v) is 8.13. The number of halogens is 1. The predicted octanol–water partition coefficient (Wildman–Crippen LogP) is 4.03. The number of ether oxygens (including phenoxy) is 1. The molecule has 1 aromatic carbocycles. The summed E-state index contributed by atoms with van der Waals surface area (Å²) in [5.74, 6) is -0.387. The number of allylic oxidation sites excluding steroid dienone is 1. The molecule has 1 heterocycles. The van der Waals surface area contributed by atoms with E-state index in [-0.39, 0.29) is 11.4 Å². The Hall–Kier alpha value is -2.10. The zero-order chi connectivity index (χ0) is 16.8. The largest absolute Gasteiger partial charge is 0.382 e. The maximum atomic E-state index is 12.0. The Labute approximate surface area is 143 Å². The van der Waals surface area contributed by atoms with E-state index in [4.69, 9.17) is 10.00 Å². The lowest BCUT2D eigenvalue weighted by Crippen LogP contribution is -2.10. The van der Waals surface area contributed by atoms with Crippen LogP contribution in [0.25, 0.3) is 10.9 Å². The molecule has 0 bridgehead atoms. The van der Waals surface area contributed by atoms with Crippen LogP contribution in [0, 0.1) is 11.3 Å². The zero-order valence-electron chi connectivity index (χ0n) is 12.9. The lowest BCUT2D eigenvalue weighted by atomic mass is 10.1. The first-order chi connectivity index (χ1) is 11.1. The van der Waals surface area contributed by atoms with Gasteiger partial charge < -0.3 is 15.0 Å². The molecular formula is C17H18BrN3O2. The molecule has 2 N–H and O–H groups in total. The van der Waals surface area contributed by atoms with Gasteiger partial charge in [0.15, 0.2) is 0 Å². The molecular weight excluding hydrogens is 358 g/mol. The van der Waals surface area contributed by atoms with E-state index >= 15 is 0 Å². The van der Waals surface area contributed by atoms with Gasteiger partial charge in [0.1, 0.15) is 6.07 Å². The molecule has 0 aliphatic rings. The number of nitrogens with one attached hydrogen (secondary N) is 2. The first kappa shape index (κ1) is 17.3. The third kappa shape index (κ3) is 4.21. The molecule has 1 aromatic heterocycles. The van der Waals surface area contributed by atoms with E-state index in [1.807, 2.05) is 12.1 Å². The summed E-state index contributed by atoms with van der Waals surface area (Å²) in [6.07, 6.45) is 1.00. The smallest absolute Gasteiger partial charge is 0.219 e. The van der Waals surface area contributed by atoms with E-state index in [9.17, 15) is 4.79 Å². The van der Waals surface area contributed by atoms with Gasteiger partial charge in [-0.15, -0.1) is 0 Å². The van der Waals surface area contributed by atoms with Gasteiger partial charge in [0.2, 0.25) is 5.78 Å². The predicted molar refractivity (Wildman–Crippen MR) is 94.7 cm³/mol. The van der Waals surface area contributed by atoms with Crippen LogP contribution in [0.2, 0.25) is 0 Å². The number of hydrogen-bond acceptors (Lipinski definition) is 4. The number of carbonyl (C=O) groups excluding carboxylic acids is 1. The van der Waals surface area contributed by atoms with Crippen LogP contribution < -0.4 is 5.32 Å². The van der Waals surface area contributed by atoms with Gasteiger partial charge in [-0.3, -0.25) is 4.79 Å². The first-order valence-electron chi connectivity index (χ1n) is 7.34. The number of nitriles is 1. The Morgan fingerprint density at radius 3 is 2.91 bits per heavy atom. The number of anilines is 1. The second-order valence-electron chi connectivity index (χ2n) is 5.06. The summed E-state index contributed by atoms with van der Waals surface area (Å²) in [6.45, 7) is 7.62. The van der Waals surface area contributed by atoms with Crippen molar-refractivity contribution in [2.24, 2.45) is 0 Å². The Morgan fingerprint density at radius 2 is 2.22 bits per heavy atom. The molecule has 0 fully saturated rings. The Bertz CT molecular complexity index is 774. The standard InChI is InChI=1S/C17H18BrN3O2/c1-3-5-23-6-4-20-15-7-12-8-16(17(22)11(2)10-19)21-14(12)9-13(15)18/h7-9,20-21H,2-6H2,1H3. The molecule has 0 radical (unpaired) electrons. The molecule has 0 spiro atoms. The SMILES string of the molecule is C=C(C#N)C(=O)c1cc2cc(NCCOCCC)c(Br)cc2[nH]1. The van der Waals surface area contributed by atoms with Crippen molar-refractivity contribution in [2.45, 2.75) is 13.3 Å². The van der Waals surface area contributed by atoms with Crippen molar-refractivity contribution in [1.29, 1.82) is 5.26 Å². The summed E-state index contributed by atoms with van der Waals surface area (Å²) in [6, 6.07) is 7.35. The molecule has 0 amide bonds. The van der Waals surface area contributed by atoms with Crippen molar-refractivity contribution in [2.75, 3.05) is 25.1 Å². The lowest BCUT2D eigenvalue weighted by molar-refractivity contribution is 0.103. The van der Waals surface area contributed by atoms with Gasteiger partial charge in [-0.05, 0) is 40.5 Å². The molecule has 2 aromatic rings. The molecule has 0 atom stereocenters. The number of aromatic amines is 1. The van der Waals surface area contributed by atoms with Gasteiger partial charge in [0.05, 0.1) is 17.9 Å². The molecule has 120 valence electrons. The van der Waals surface area contributed by atoms with Crippen LogP contribution in [0.5, 0.6) is 0 Å². The average molecular weight is 376 g/mol. The van der Waals surface area contributed by atoms with Crippen molar-refractivity contribution in [3.05, 3.63) is 40.5 Å².